The molecule has 0 radical (unpaired) electrons. The lowest BCUT2D eigenvalue weighted by atomic mass is 10.2. The van der Waals surface area contributed by atoms with Crippen molar-refractivity contribution in [3.63, 3.8) is 0 Å². The van der Waals surface area contributed by atoms with Crippen molar-refractivity contribution in [1.29, 1.82) is 5.26 Å². The average Bonchev–Trinajstić information content (AvgIpc) is 3.01. The molecule has 0 aliphatic rings. The van der Waals surface area contributed by atoms with Crippen LogP contribution < -0.4 is 4.74 Å². The second-order valence-electron chi connectivity index (χ2n) is 5.57. The van der Waals surface area contributed by atoms with Gasteiger partial charge in [0.1, 0.15) is 11.8 Å². The van der Waals surface area contributed by atoms with Crippen molar-refractivity contribution in [2.24, 2.45) is 0 Å². The van der Waals surface area contributed by atoms with Crippen molar-refractivity contribution >= 4 is 16.8 Å². The minimum absolute atomic E-state index is 0.159. The lowest BCUT2D eigenvalue weighted by Gasteiger charge is -2.07. The summed E-state index contributed by atoms with van der Waals surface area (Å²) in [6, 6.07) is 16.7. The molecule has 4 nitrogen and oxygen atoms in total. The molecule has 0 unspecified atom stereocenters. The van der Waals surface area contributed by atoms with E-state index in [0.29, 0.717) is 17.7 Å². The van der Waals surface area contributed by atoms with Crippen LogP contribution in [0.15, 0.2) is 54.7 Å². The highest BCUT2D eigenvalue weighted by molar-refractivity contribution is 6.03. The highest BCUT2D eigenvalue weighted by Gasteiger charge is 2.14. The van der Waals surface area contributed by atoms with Crippen molar-refractivity contribution in [3.8, 4) is 11.8 Å². The molecule has 1 aromatic heterocycles. The maximum absolute atomic E-state index is 12.8. The predicted octanol–water partition coefficient (Wildman–Crippen LogP) is 4.38. The van der Waals surface area contributed by atoms with Gasteiger partial charge in [0, 0.05) is 17.1 Å². The quantitative estimate of drug-likeness (QED) is 0.656. The van der Waals surface area contributed by atoms with Crippen molar-refractivity contribution in [2.45, 2.75) is 19.8 Å². The second-order valence-corrected chi connectivity index (χ2v) is 5.57. The Kier molecular flexibility index (Phi) is 4.62. The monoisotopic (exact) mass is 318 g/mol. The maximum atomic E-state index is 12.8. The Morgan fingerprint density at radius 1 is 1.17 bits per heavy atom. The van der Waals surface area contributed by atoms with E-state index in [1.165, 1.54) is 4.57 Å². The molecule has 0 bridgehead atoms. The molecular formula is C20H18N2O2. The van der Waals surface area contributed by atoms with Crippen LogP contribution in [0, 0.1) is 11.3 Å². The number of nitriles is 1. The van der Waals surface area contributed by atoms with E-state index in [4.69, 9.17) is 4.74 Å². The number of rotatable bonds is 5. The van der Waals surface area contributed by atoms with Crippen LogP contribution in [0.5, 0.6) is 5.75 Å². The summed E-state index contributed by atoms with van der Waals surface area (Å²) in [7, 11) is 0. The van der Waals surface area contributed by atoms with Crippen LogP contribution in [0.1, 0.15) is 35.7 Å². The Morgan fingerprint density at radius 2 is 1.92 bits per heavy atom. The molecule has 0 saturated heterocycles. The third-order valence-electron chi connectivity index (χ3n) is 3.92. The number of benzene rings is 2. The number of fused-ring (bicyclic) bond motifs is 1. The number of carbonyl (C=O) groups is 1. The van der Waals surface area contributed by atoms with Gasteiger partial charge in [0.15, 0.2) is 0 Å². The zero-order valence-corrected chi connectivity index (χ0v) is 13.5. The van der Waals surface area contributed by atoms with E-state index < -0.39 is 0 Å². The number of carbonyl (C=O) groups excluding carboxylic acids is 1. The first kappa shape index (κ1) is 15.8. The molecule has 0 amide bonds. The molecule has 0 aliphatic heterocycles. The summed E-state index contributed by atoms with van der Waals surface area (Å²) in [5, 5.41) is 10.0. The Labute approximate surface area is 140 Å². The van der Waals surface area contributed by atoms with E-state index >= 15 is 0 Å². The van der Waals surface area contributed by atoms with E-state index in [2.05, 4.69) is 13.0 Å². The first-order valence-electron chi connectivity index (χ1n) is 8.02. The minimum atomic E-state index is -0.159. The summed E-state index contributed by atoms with van der Waals surface area (Å²) in [6.45, 7) is 2.79. The van der Waals surface area contributed by atoms with Crippen LogP contribution in [0.3, 0.4) is 0 Å². The average molecular weight is 318 g/mol. The molecular weight excluding hydrogens is 300 g/mol. The van der Waals surface area contributed by atoms with Crippen LogP contribution in [-0.4, -0.2) is 17.1 Å². The molecule has 0 atom stereocenters. The number of ether oxygens (including phenoxy) is 1. The molecule has 0 aliphatic carbocycles. The Hall–Kier alpha value is -3.06. The highest BCUT2D eigenvalue weighted by Crippen LogP contribution is 2.22. The van der Waals surface area contributed by atoms with Crippen molar-refractivity contribution in [2.75, 3.05) is 6.61 Å². The van der Waals surface area contributed by atoms with Gasteiger partial charge in [-0.3, -0.25) is 9.36 Å². The smallest absolute Gasteiger partial charge is 0.262 e. The summed E-state index contributed by atoms with van der Waals surface area (Å²) in [5.74, 6) is 0.600. The van der Waals surface area contributed by atoms with Crippen LogP contribution in [0.4, 0.5) is 0 Å². The lowest BCUT2D eigenvalue weighted by molar-refractivity contribution is 0.0965. The number of hydrogen-bond acceptors (Lipinski definition) is 3. The largest absolute Gasteiger partial charge is 0.494 e. The van der Waals surface area contributed by atoms with E-state index in [9.17, 15) is 10.1 Å². The van der Waals surface area contributed by atoms with Crippen LogP contribution in [0.2, 0.25) is 0 Å². The molecule has 3 rings (SSSR count). The normalized spacial score (nSPS) is 10.5. The highest BCUT2D eigenvalue weighted by atomic mass is 16.5. The Balaban J connectivity index is 1.88. The molecule has 1 heterocycles. The third-order valence-corrected chi connectivity index (χ3v) is 3.92. The first-order valence-corrected chi connectivity index (χ1v) is 8.02. The molecule has 0 saturated carbocycles. The van der Waals surface area contributed by atoms with Gasteiger partial charge >= 0.3 is 0 Å². The molecule has 4 heteroatoms. The standard InChI is InChI=1S/C20H18N2O2/c1-2-3-12-24-17-10-8-15(9-11-17)20(23)22-14-16(13-21)18-6-4-5-7-19(18)22/h4-11,14H,2-3,12H2,1H3. The fourth-order valence-electron chi connectivity index (χ4n) is 2.60. The van der Waals surface area contributed by atoms with E-state index in [1.807, 2.05) is 24.3 Å². The zero-order valence-electron chi connectivity index (χ0n) is 13.5. The number of para-hydroxylation sites is 1. The molecule has 2 aromatic carbocycles. The van der Waals surface area contributed by atoms with Crippen LogP contribution in [-0.2, 0) is 0 Å². The third kappa shape index (κ3) is 3.02. The van der Waals surface area contributed by atoms with Gasteiger partial charge in [-0.2, -0.15) is 5.26 Å². The number of aromatic nitrogens is 1. The Bertz CT molecular complexity index is 902. The summed E-state index contributed by atoms with van der Waals surface area (Å²) >= 11 is 0. The molecule has 120 valence electrons. The summed E-state index contributed by atoms with van der Waals surface area (Å²) in [5.41, 5.74) is 1.80. The fraction of sp³-hybridized carbons (Fsp3) is 0.200. The molecule has 0 spiro atoms. The minimum Gasteiger partial charge on any atom is -0.494 e. The number of hydrogen-bond donors (Lipinski definition) is 0. The SMILES string of the molecule is CCCCOc1ccc(C(=O)n2cc(C#N)c3ccccc32)cc1. The molecule has 0 fully saturated rings. The van der Waals surface area contributed by atoms with E-state index in [-0.39, 0.29) is 5.91 Å². The summed E-state index contributed by atoms with van der Waals surface area (Å²) in [6.07, 6.45) is 3.68. The molecule has 3 aromatic rings. The van der Waals surface area contributed by atoms with E-state index in [1.54, 1.807) is 30.5 Å². The van der Waals surface area contributed by atoms with Crippen LogP contribution in [0.25, 0.3) is 10.9 Å². The van der Waals surface area contributed by atoms with Gasteiger partial charge in [0.2, 0.25) is 0 Å². The van der Waals surface area contributed by atoms with Gasteiger partial charge in [-0.1, -0.05) is 31.5 Å². The zero-order chi connectivity index (χ0) is 16.9. The van der Waals surface area contributed by atoms with Gasteiger partial charge in [-0.25, -0.2) is 0 Å². The number of unbranched alkanes of at least 4 members (excludes halogenated alkanes) is 1. The molecule has 24 heavy (non-hydrogen) atoms. The van der Waals surface area contributed by atoms with Gasteiger partial charge in [0.25, 0.3) is 5.91 Å². The van der Waals surface area contributed by atoms with Crippen LogP contribution >= 0.6 is 0 Å². The van der Waals surface area contributed by atoms with Gasteiger partial charge in [-0.05, 0) is 36.8 Å². The molecule has 0 N–H and O–H groups in total. The second kappa shape index (κ2) is 7.01. The fourth-order valence-corrected chi connectivity index (χ4v) is 2.60. The first-order chi connectivity index (χ1) is 11.7. The van der Waals surface area contributed by atoms with E-state index in [0.717, 1.165) is 29.5 Å². The van der Waals surface area contributed by atoms with Gasteiger partial charge in [0.05, 0.1) is 17.7 Å². The van der Waals surface area contributed by atoms with Crippen molar-refractivity contribution < 1.29 is 9.53 Å². The predicted molar refractivity (Wildman–Crippen MR) is 93.2 cm³/mol. The van der Waals surface area contributed by atoms with Crippen molar-refractivity contribution in [1.82, 2.24) is 4.57 Å². The maximum Gasteiger partial charge on any atom is 0.262 e. The van der Waals surface area contributed by atoms with Gasteiger partial charge < -0.3 is 4.74 Å². The number of nitrogens with zero attached hydrogens (tertiary/aromatic N) is 2. The van der Waals surface area contributed by atoms with Gasteiger partial charge in [-0.15, -0.1) is 0 Å². The van der Waals surface area contributed by atoms with Crippen molar-refractivity contribution in [3.05, 3.63) is 65.9 Å². The Morgan fingerprint density at radius 3 is 2.62 bits per heavy atom. The summed E-state index contributed by atoms with van der Waals surface area (Å²) in [4.78, 5) is 12.8. The topological polar surface area (TPSA) is 55.0 Å². The summed E-state index contributed by atoms with van der Waals surface area (Å²) < 4.78 is 7.15. The lowest BCUT2D eigenvalue weighted by Crippen LogP contribution is -2.10.